The fourth-order valence-electron chi connectivity index (χ4n) is 6.73. The van der Waals surface area contributed by atoms with Crippen LogP contribution in [0.5, 0.6) is 11.5 Å². The number of ether oxygens (including phenoxy) is 1. The van der Waals surface area contributed by atoms with E-state index in [9.17, 15) is 32.6 Å². The lowest BCUT2D eigenvalue weighted by Crippen LogP contribution is -2.55. The summed E-state index contributed by atoms with van der Waals surface area (Å²) >= 11 is 0. The number of aromatic hydroxyl groups is 1. The van der Waals surface area contributed by atoms with Gasteiger partial charge >= 0.3 is 0 Å². The van der Waals surface area contributed by atoms with Crippen LogP contribution in [0.4, 0.5) is 10.1 Å². The van der Waals surface area contributed by atoms with Gasteiger partial charge in [0.1, 0.15) is 17.3 Å². The van der Waals surface area contributed by atoms with Crippen molar-refractivity contribution in [3.05, 3.63) is 89.2 Å². The molecule has 0 aliphatic carbocycles. The van der Waals surface area contributed by atoms with Gasteiger partial charge < -0.3 is 30.5 Å². The van der Waals surface area contributed by atoms with Crippen molar-refractivity contribution in [2.75, 3.05) is 30.9 Å². The van der Waals surface area contributed by atoms with E-state index in [-0.39, 0.29) is 42.1 Å². The Morgan fingerprint density at radius 1 is 0.906 bits per heavy atom. The molecule has 0 bridgehead atoms. The summed E-state index contributed by atoms with van der Waals surface area (Å²) in [6.07, 6.45) is 9.82. The van der Waals surface area contributed by atoms with Gasteiger partial charge in [0.05, 0.1) is 30.9 Å². The lowest BCUT2D eigenvalue weighted by Gasteiger charge is -2.48. The van der Waals surface area contributed by atoms with Gasteiger partial charge in [0.2, 0.25) is 11.8 Å². The van der Waals surface area contributed by atoms with Crippen molar-refractivity contribution < 1.29 is 41.9 Å². The quantitative estimate of drug-likeness (QED) is 0.0378. The Hall–Kier alpha value is -4.04. The van der Waals surface area contributed by atoms with E-state index in [2.05, 4.69) is 10.6 Å². The Labute approximate surface area is 312 Å². The Morgan fingerprint density at radius 2 is 1.55 bits per heavy atom. The number of methoxy groups -OCH3 is 1. The van der Waals surface area contributed by atoms with Gasteiger partial charge in [0, 0.05) is 36.8 Å². The number of amides is 2. The molecule has 0 unspecified atom stereocenters. The highest BCUT2D eigenvalue weighted by atomic mass is 32.2. The summed E-state index contributed by atoms with van der Waals surface area (Å²) in [6.45, 7) is 1.39. The van der Waals surface area contributed by atoms with Crippen LogP contribution in [0.3, 0.4) is 0 Å². The smallest absolute Gasteiger partial charge is 0.266 e. The Bertz CT molecular complexity index is 1710. The highest BCUT2D eigenvalue weighted by Crippen LogP contribution is 2.49. The second kappa shape index (κ2) is 21.0. The van der Waals surface area contributed by atoms with Crippen LogP contribution < -0.4 is 20.3 Å². The molecule has 1 fully saturated rings. The summed E-state index contributed by atoms with van der Waals surface area (Å²) < 4.78 is 48.7. The number of rotatable bonds is 24. The summed E-state index contributed by atoms with van der Waals surface area (Å²) in [6, 6.07) is 17.6. The highest BCUT2D eigenvalue weighted by molar-refractivity contribution is 7.85. The van der Waals surface area contributed by atoms with E-state index in [0.717, 1.165) is 69.9 Å². The van der Waals surface area contributed by atoms with Crippen molar-refractivity contribution >= 4 is 27.6 Å². The minimum absolute atomic E-state index is 0.00194. The zero-order valence-corrected chi connectivity index (χ0v) is 31.3. The first kappa shape index (κ1) is 41.7. The summed E-state index contributed by atoms with van der Waals surface area (Å²) in [5, 5.41) is 27.6. The zero-order valence-electron chi connectivity index (χ0n) is 30.5. The number of β-lactam (4-membered cyclic amide) rings is 1. The normalized spacial score (nSPS) is 16.3. The molecule has 1 aliphatic rings. The molecule has 1 saturated heterocycles. The second-order valence-corrected chi connectivity index (χ2v) is 15.3. The first-order valence-electron chi connectivity index (χ1n) is 18.6. The van der Waals surface area contributed by atoms with Gasteiger partial charge in [-0.05, 0) is 79.8 Å². The van der Waals surface area contributed by atoms with Crippen LogP contribution in [0.1, 0.15) is 106 Å². The third-order valence-electron chi connectivity index (χ3n) is 9.77. The molecule has 2 amide bonds. The maximum absolute atomic E-state index is 13.6. The van der Waals surface area contributed by atoms with Gasteiger partial charge in [-0.15, -0.1) is 0 Å². The van der Waals surface area contributed by atoms with Crippen LogP contribution in [0.25, 0.3) is 0 Å². The van der Waals surface area contributed by atoms with Crippen LogP contribution in [0, 0.1) is 11.7 Å². The Kier molecular flexibility index (Phi) is 16.5. The number of nitrogens with zero attached hydrogens (tertiary/aromatic N) is 1. The third-order valence-corrected chi connectivity index (χ3v) is 10.5. The number of carbonyl (C=O) groups is 2. The fourth-order valence-corrected chi connectivity index (χ4v) is 7.13. The van der Waals surface area contributed by atoms with E-state index in [4.69, 9.17) is 9.29 Å². The summed E-state index contributed by atoms with van der Waals surface area (Å²) in [7, 11) is -2.39. The average molecular weight is 756 g/mol. The molecule has 1 aliphatic heterocycles. The summed E-state index contributed by atoms with van der Waals surface area (Å²) in [5.41, 5.74) is 2.70. The molecule has 11 nitrogen and oxygen atoms in total. The van der Waals surface area contributed by atoms with Crippen molar-refractivity contribution in [1.29, 1.82) is 0 Å². The molecule has 3 aromatic rings. The first-order valence-corrected chi connectivity index (χ1v) is 20.2. The monoisotopic (exact) mass is 755 g/mol. The lowest BCUT2D eigenvalue weighted by atomic mass is 9.78. The van der Waals surface area contributed by atoms with Gasteiger partial charge in [0.15, 0.2) is 0 Å². The molecule has 4 rings (SSSR count). The molecular weight excluding hydrogens is 702 g/mol. The molecule has 53 heavy (non-hydrogen) atoms. The SMILES string of the molecule is COc1ccc([C@@H]2[C@@H](CC[C@H](O)c3ccc(F)cc3)C(=O)N2c2ccc(CNC(=O)CCCCCCCCCCCNCCS(=O)(=O)O)cc2)c(O)c1. The zero-order chi connectivity index (χ0) is 38.2. The van der Waals surface area contributed by atoms with Crippen LogP contribution >= 0.6 is 0 Å². The van der Waals surface area contributed by atoms with Gasteiger partial charge in [-0.1, -0.05) is 69.2 Å². The summed E-state index contributed by atoms with van der Waals surface area (Å²) in [4.78, 5) is 27.7. The maximum Gasteiger partial charge on any atom is 0.266 e. The fraction of sp³-hybridized carbons (Fsp3) is 0.500. The van der Waals surface area contributed by atoms with Gasteiger partial charge in [0.25, 0.3) is 10.1 Å². The third kappa shape index (κ3) is 13.4. The predicted octanol–water partition coefficient (Wildman–Crippen LogP) is 6.75. The van der Waals surface area contributed by atoms with E-state index >= 15 is 0 Å². The number of benzene rings is 3. The highest BCUT2D eigenvalue weighted by Gasteiger charge is 2.49. The van der Waals surface area contributed by atoms with Crippen LogP contribution in [0.15, 0.2) is 66.7 Å². The molecule has 0 aromatic heterocycles. The molecule has 290 valence electrons. The number of aliphatic hydroxyl groups excluding tert-OH is 1. The van der Waals surface area contributed by atoms with Crippen LogP contribution in [0.2, 0.25) is 0 Å². The van der Waals surface area contributed by atoms with Gasteiger partial charge in [-0.2, -0.15) is 8.42 Å². The average Bonchev–Trinajstić information content (AvgIpc) is 3.13. The van der Waals surface area contributed by atoms with Gasteiger partial charge in [-0.3, -0.25) is 14.1 Å². The van der Waals surface area contributed by atoms with Crippen molar-refractivity contribution in [3.8, 4) is 11.5 Å². The molecule has 0 saturated carbocycles. The van der Waals surface area contributed by atoms with Crippen LogP contribution in [-0.4, -0.2) is 61.0 Å². The van der Waals surface area contributed by atoms with Gasteiger partial charge in [-0.25, -0.2) is 4.39 Å². The van der Waals surface area contributed by atoms with E-state index in [0.29, 0.717) is 42.0 Å². The van der Waals surface area contributed by atoms with E-state index in [1.54, 1.807) is 17.0 Å². The molecule has 0 radical (unpaired) electrons. The Morgan fingerprint density at radius 3 is 2.17 bits per heavy atom. The lowest BCUT2D eigenvalue weighted by molar-refractivity contribution is -0.131. The number of carbonyl (C=O) groups excluding carboxylic acids is 2. The number of hydrogen-bond acceptors (Lipinski definition) is 8. The van der Waals surface area contributed by atoms with E-state index < -0.39 is 28.2 Å². The van der Waals surface area contributed by atoms with Crippen LogP contribution in [-0.2, 0) is 26.3 Å². The minimum atomic E-state index is -3.90. The number of halogens is 1. The number of hydrogen-bond donors (Lipinski definition) is 5. The van der Waals surface area contributed by atoms with Crippen molar-refractivity contribution in [2.45, 2.75) is 95.7 Å². The number of nitrogens with one attached hydrogen (secondary N) is 2. The van der Waals surface area contributed by atoms with Crippen molar-refractivity contribution in [2.24, 2.45) is 5.92 Å². The second-order valence-electron chi connectivity index (χ2n) is 13.7. The maximum atomic E-state index is 13.6. The number of unbranched alkanes of at least 4 members (excludes halogenated alkanes) is 8. The minimum Gasteiger partial charge on any atom is -0.507 e. The largest absolute Gasteiger partial charge is 0.507 e. The van der Waals surface area contributed by atoms with Crippen molar-refractivity contribution in [3.63, 3.8) is 0 Å². The topological polar surface area (TPSA) is 165 Å². The molecule has 3 atom stereocenters. The van der Waals surface area contributed by atoms with E-state index in [1.807, 2.05) is 24.3 Å². The molecule has 5 N–H and O–H groups in total. The molecule has 1 heterocycles. The number of phenols is 1. The molecule has 0 spiro atoms. The molecular formula is C40H54FN3O8S. The van der Waals surface area contributed by atoms with E-state index in [1.165, 1.54) is 37.4 Å². The number of anilines is 1. The number of phenolic OH excluding ortho intramolecular Hbond substituents is 1. The predicted molar refractivity (Wildman–Crippen MR) is 203 cm³/mol. The first-order chi connectivity index (χ1) is 25.5. The summed E-state index contributed by atoms with van der Waals surface area (Å²) in [5.74, 6) is -0.769. The molecule has 13 heteroatoms. The Balaban J connectivity index is 1.17. The molecule has 3 aromatic carbocycles. The number of aliphatic hydroxyl groups is 1. The van der Waals surface area contributed by atoms with Crippen molar-refractivity contribution in [1.82, 2.24) is 10.6 Å². The standard InChI is InChI=1S/C40H54FN3O8S/c1-52-33-20-21-34(37(46)27-33)39-35(22-23-36(45)30-14-16-31(41)17-15-30)40(48)44(39)32-18-12-29(13-19-32)28-43-38(47)11-9-7-5-3-2-4-6-8-10-24-42-25-26-53(49,50)51/h12-21,27,35-36,39,42,45-46H,2-11,22-26,28H2,1H3,(H,43,47)(H,49,50,51)/t35-,36+,39-/m1/s1.